The van der Waals surface area contributed by atoms with Crippen LogP contribution in [0.4, 0.5) is 5.69 Å². The molecular formula is C15H22N2O2S2. The molecule has 2 N–H and O–H groups in total. The summed E-state index contributed by atoms with van der Waals surface area (Å²) >= 11 is 1.64. The van der Waals surface area contributed by atoms with E-state index in [2.05, 4.69) is 0 Å². The normalized spacial score (nSPS) is 13.0. The molecule has 0 unspecified atom stereocenters. The van der Waals surface area contributed by atoms with Crippen LogP contribution in [0.2, 0.25) is 0 Å². The van der Waals surface area contributed by atoms with Gasteiger partial charge in [-0.25, -0.2) is 8.42 Å². The van der Waals surface area contributed by atoms with Crippen molar-refractivity contribution >= 4 is 38.2 Å². The number of fused-ring (bicyclic) bond motifs is 1. The summed E-state index contributed by atoms with van der Waals surface area (Å²) in [7, 11) is -3.13. The summed E-state index contributed by atoms with van der Waals surface area (Å²) in [5.41, 5.74) is 7.62. The minimum absolute atomic E-state index is 0.129. The van der Waals surface area contributed by atoms with Crippen LogP contribution in [0.15, 0.2) is 29.3 Å². The maximum atomic E-state index is 12.2. The number of thioether (sulfide) groups is 1. The van der Waals surface area contributed by atoms with Crippen molar-refractivity contribution in [1.82, 2.24) is 4.57 Å². The summed E-state index contributed by atoms with van der Waals surface area (Å²) in [6.45, 7) is 5.65. The molecule has 21 heavy (non-hydrogen) atoms. The Labute approximate surface area is 130 Å². The highest BCUT2D eigenvalue weighted by Crippen LogP contribution is 2.30. The minimum atomic E-state index is -3.13. The maximum Gasteiger partial charge on any atom is 0.156 e. The van der Waals surface area contributed by atoms with Gasteiger partial charge in [0.25, 0.3) is 0 Å². The van der Waals surface area contributed by atoms with E-state index in [-0.39, 0.29) is 5.75 Å². The molecule has 0 saturated heterocycles. The van der Waals surface area contributed by atoms with E-state index in [9.17, 15) is 8.42 Å². The second-order valence-electron chi connectivity index (χ2n) is 6.10. The van der Waals surface area contributed by atoms with Crippen LogP contribution < -0.4 is 5.73 Å². The lowest BCUT2D eigenvalue weighted by Crippen LogP contribution is -2.31. The van der Waals surface area contributed by atoms with Crippen molar-refractivity contribution in [3.8, 4) is 0 Å². The van der Waals surface area contributed by atoms with E-state index in [1.54, 1.807) is 32.5 Å². The Balaban J connectivity index is 2.35. The van der Waals surface area contributed by atoms with Crippen molar-refractivity contribution in [3.05, 3.63) is 24.4 Å². The number of nitrogen functional groups attached to an aromatic ring is 1. The first-order chi connectivity index (χ1) is 9.65. The molecule has 0 aliphatic rings. The molecule has 1 aromatic carbocycles. The Morgan fingerprint density at radius 3 is 2.52 bits per heavy atom. The van der Waals surface area contributed by atoms with Crippen molar-refractivity contribution in [2.75, 3.05) is 17.7 Å². The van der Waals surface area contributed by atoms with Gasteiger partial charge < -0.3 is 10.3 Å². The summed E-state index contributed by atoms with van der Waals surface area (Å²) in [6.07, 6.45) is 3.94. The Hall–Kier alpha value is -1.14. The number of aromatic nitrogens is 1. The molecule has 0 saturated carbocycles. The van der Waals surface area contributed by atoms with E-state index in [4.69, 9.17) is 5.73 Å². The molecule has 1 heterocycles. The van der Waals surface area contributed by atoms with Crippen molar-refractivity contribution in [2.45, 2.75) is 37.0 Å². The van der Waals surface area contributed by atoms with Crippen LogP contribution in [0.1, 0.15) is 20.8 Å². The molecule has 2 rings (SSSR count). The van der Waals surface area contributed by atoms with Crippen LogP contribution in [-0.4, -0.2) is 29.7 Å². The molecule has 0 aliphatic heterocycles. The summed E-state index contributed by atoms with van der Waals surface area (Å²) < 4.78 is 25.7. The largest absolute Gasteiger partial charge is 0.399 e. The maximum absolute atomic E-state index is 12.2. The molecule has 0 atom stereocenters. The second kappa shape index (κ2) is 5.57. The van der Waals surface area contributed by atoms with Gasteiger partial charge in [-0.2, -0.15) is 0 Å². The number of nitrogens with two attached hydrogens (primary N) is 1. The summed E-state index contributed by atoms with van der Waals surface area (Å²) in [5.74, 6) is 0.129. The topological polar surface area (TPSA) is 65.1 Å². The molecule has 0 aliphatic carbocycles. The van der Waals surface area contributed by atoms with Crippen LogP contribution in [0.5, 0.6) is 0 Å². The number of nitrogens with zero attached hydrogens (tertiary/aromatic N) is 1. The van der Waals surface area contributed by atoms with Gasteiger partial charge in [0.15, 0.2) is 9.84 Å². The van der Waals surface area contributed by atoms with Gasteiger partial charge in [-0.1, -0.05) is 0 Å². The Morgan fingerprint density at radius 1 is 1.29 bits per heavy atom. The highest BCUT2D eigenvalue weighted by molar-refractivity contribution is 7.98. The van der Waals surface area contributed by atoms with Crippen molar-refractivity contribution < 1.29 is 8.42 Å². The van der Waals surface area contributed by atoms with E-state index in [0.29, 0.717) is 12.2 Å². The monoisotopic (exact) mass is 326 g/mol. The van der Waals surface area contributed by atoms with Gasteiger partial charge >= 0.3 is 0 Å². The molecule has 0 spiro atoms. The predicted octanol–water partition coefficient (Wildman–Crippen LogP) is 3.16. The zero-order valence-corrected chi connectivity index (χ0v) is 14.5. The number of benzene rings is 1. The summed E-state index contributed by atoms with van der Waals surface area (Å²) in [5, 5.41) is 1.12. The molecule has 0 fully saturated rings. The molecule has 0 amide bonds. The molecule has 2 aromatic rings. The number of rotatable bonds is 4. The van der Waals surface area contributed by atoms with Crippen molar-refractivity contribution in [1.29, 1.82) is 0 Å². The average molecular weight is 326 g/mol. The molecular weight excluding hydrogens is 304 g/mol. The van der Waals surface area contributed by atoms with Gasteiger partial charge in [-0.3, -0.25) is 0 Å². The van der Waals surface area contributed by atoms with Crippen molar-refractivity contribution in [3.63, 3.8) is 0 Å². The van der Waals surface area contributed by atoms with Gasteiger partial charge in [-0.05, 0) is 45.2 Å². The Bertz CT molecular complexity index is 756. The van der Waals surface area contributed by atoms with E-state index in [1.807, 2.05) is 35.2 Å². The van der Waals surface area contributed by atoms with E-state index >= 15 is 0 Å². The molecule has 116 valence electrons. The van der Waals surface area contributed by atoms with E-state index in [1.165, 1.54) is 0 Å². The lowest BCUT2D eigenvalue weighted by atomic mass is 10.2. The quantitative estimate of drug-likeness (QED) is 0.692. The summed E-state index contributed by atoms with van der Waals surface area (Å²) in [6, 6.07) is 5.87. The number of sulfone groups is 1. The standard InChI is InChI=1S/C15H22N2O2S2/c1-15(2,3)21(18,19)8-7-17-6-5-12-13(17)9-11(16)10-14(12)20-4/h5-6,9-10H,7-8,16H2,1-4H3. The number of aryl methyl sites for hydroxylation is 1. The summed E-state index contributed by atoms with van der Waals surface area (Å²) in [4.78, 5) is 1.11. The number of hydrogen-bond acceptors (Lipinski definition) is 4. The Morgan fingerprint density at radius 2 is 1.95 bits per heavy atom. The molecule has 4 nitrogen and oxygen atoms in total. The molecule has 0 radical (unpaired) electrons. The first kappa shape index (κ1) is 16.2. The third-order valence-electron chi connectivity index (χ3n) is 3.63. The minimum Gasteiger partial charge on any atom is -0.399 e. The van der Waals surface area contributed by atoms with Crippen LogP contribution in [0.25, 0.3) is 10.9 Å². The molecule has 0 bridgehead atoms. The zero-order chi connectivity index (χ0) is 15.8. The van der Waals surface area contributed by atoms with Crippen LogP contribution in [-0.2, 0) is 16.4 Å². The van der Waals surface area contributed by atoms with E-state index < -0.39 is 14.6 Å². The third-order valence-corrected chi connectivity index (χ3v) is 6.99. The van der Waals surface area contributed by atoms with Crippen LogP contribution in [0.3, 0.4) is 0 Å². The van der Waals surface area contributed by atoms with Crippen molar-refractivity contribution in [2.24, 2.45) is 0 Å². The fourth-order valence-electron chi connectivity index (χ4n) is 2.17. The third kappa shape index (κ3) is 3.21. The highest BCUT2D eigenvalue weighted by Gasteiger charge is 2.28. The van der Waals surface area contributed by atoms with Gasteiger partial charge in [-0.15, -0.1) is 11.8 Å². The zero-order valence-electron chi connectivity index (χ0n) is 12.9. The molecule has 6 heteroatoms. The highest BCUT2D eigenvalue weighted by atomic mass is 32.2. The lowest BCUT2D eigenvalue weighted by Gasteiger charge is -2.19. The van der Waals surface area contributed by atoms with Gasteiger partial charge in [0.2, 0.25) is 0 Å². The average Bonchev–Trinajstić information content (AvgIpc) is 2.77. The lowest BCUT2D eigenvalue weighted by molar-refractivity contribution is 0.555. The molecule has 1 aromatic heterocycles. The first-order valence-corrected chi connectivity index (χ1v) is 9.68. The van der Waals surface area contributed by atoms with Crippen LogP contribution >= 0.6 is 11.8 Å². The SMILES string of the molecule is CSc1cc(N)cc2c1ccn2CCS(=O)(=O)C(C)(C)C. The van der Waals surface area contributed by atoms with Gasteiger partial charge in [0.05, 0.1) is 16.0 Å². The van der Waals surface area contributed by atoms with Gasteiger partial charge in [0.1, 0.15) is 0 Å². The Kier molecular flexibility index (Phi) is 4.31. The van der Waals surface area contributed by atoms with Gasteiger partial charge in [0, 0.05) is 28.7 Å². The predicted molar refractivity (Wildman–Crippen MR) is 91.7 cm³/mol. The van der Waals surface area contributed by atoms with E-state index in [0.717, 1.165) is 15.8 Å². The number of hydrogen-bond donors (Lipinski definition) is 1. The second-order valence-corrected chi connectivity index (χ2v) is 9.81. The fraction of sp³-hybridized carbons (Fsp3) is 0.467. The first-order valence-electron chi connectivity index (χ1n) is 6.80. The smallest absolute Gasteiger partial charge is 0.156 e. The van der Waals surface area contributed by atoms with Crippen LogP contribution in [0, 0.1) is 0 Å². The number of anilines is 1. The fourth-order valence-corrected chi connectivity index (χ4v) is 3.87.